The molecule has 1 aliphatic rings. The lowest BCUT2D eigenvalue weighted by Crippen LogP contribution is -2.31. The molecule has 5 heteroatoms. The molecule has 3 amide bonds. The van der Waals surface area contributed by atoms with Crippen molar-refractivity contribution in [3.63, 3.8) is 0 Å². The Morgan fingerprint density at radius 3 is 2.20 bits per heavy atom. The SMILES string of the molecule is CN1C(=N)C(=O)N(c2ccccc2)C1=O. The molecule has 1 saturated heterocycles. The number of carbonyl (C=O) groups is 2. The quantitative estimate of drug-likeness (QED) is 0.693. The van der Waals surface area contributed by atoms with Crippen LogP contribution in [-0.2, 0) is 4.79 Å². The van der Waals surface area contributed by atoms with Gasteiger partial charge in [-0.2, -0.15) is 0 Å². The number of urea groups is 1. The molecule has 0 saturated carbocycles. The van der Waals surface area contributed by atoms with Crippen LogP contribution in [-0.4, -0.2) is 29.7 Å². The molecular weight excluding hydrogens is 194 g/mol. The third-order valence-corrected chi connectivity index (χ3v) is 2.23. The number of carbonyl (C=O) groups excluding carboxylic acids is 2. The second-order valence-electron chi connectivity index (χ2n) is 3.17. The summed E-state index contributed by atoms with van der Waals surface area (Å²) in [4.78, 5) is 25.2. The average Bonchev–Trinajstić information content (AvgIpc) is 2.45. The second kappa shape index (κ2) is 3.20. The zero-order chi connectivity index (χ0) is 11.0. The third kappa shape index (κ3) is 1.28. The first-order valence-corrected chi connectivity index (χ1v) is 4.38. The molecule has 15 heavy (non-hydrogen) atoms. The predicted octanol–water partition coefficient (Wildman–Crippen LogP) is 1.06. The van der Waals surface area contributed by atoms with E-state index in [1.165, 1.54) is 7.05 Å². The van der Waals surface area contributed by atoms with E-state index in [1.807, 2.05) is 0 Å². The molecule has 0 radical (unpaired) electrons. The second-order valence-corrected chi connectivity index (χ2v) is 3.17. The highest BCUT2D eigenvalue weighted by Gasteiger charge is 2.40. The van der Waals surface area contributed by atoms with E-state index in [2.05, 4.69) is 0 Å². The van der Waals surface area contributed by atoms with Crippen molar-refractivity contribution >= 4 is 23.5 Å². The van der Waals surface area contributed by atoms with Crippen LogP contribution in [0.2, 0.25) is 0 Å². The van der Waals surface area contributed by atoms with Crippen LogP contribution in [0.1, 0.15) is 0 Å². The number of hydrogen-bond donors (Lipinski definition) is 1. The van der Waals surface area contributed by atoms with Gasteiger partial charge in [-0.3, -0.25) is 15.1 Å². The lowest BCUT2D eigenvalue weighted by atomic mass is 10.3. The first-order chi connectivity index (χ1) is 7.13. The van der Waals surface area contributed by atoms with Crippen LogP contribution in [0.3, 0.4) is 0 Å². The molecule has 0 aromatic heterocycles. The molecule has 1 aromatic rings. The number of amides is 3. The number of rotatable bonds is 1. The molecule has 1 heterocycles. The van der Waals surface area contributed by atoms with Gasteiger partial charge >= 0.3 is 11.9 Å². The third-order valence-electron chi connectivity index (χ3n) is 2.23. The summed E-state index contributed by atoms with van der Waals surface area (Å²) < 4.78 is 0. The van der Waals surface area contributed by atoms with E-state index in [1.54, 1.807) is 30.3 Å². The van der Waals surface area contributed by atoms with Crippen molar-refractivity contribution in [1.82, 2.24) is 4.90 Å². The monoisotopic (exact) mass is 203 g/mol. The van der Waals surface area contributed by atoms with Crippen molar-refractivity contribution in [3.05, 3.63) is 30.3 Å². The molecule has 0 bridgehead atoms. The van der Waals surface area contributed by atoms with Crippen molar-refractivity contribution in [2.24, 2.45) is 0 Å². The summed E-state index contributed by atoms with van der Waals surface area (Å²) in [6.07, 6.45) is 0. The Kier molecular flexibility index (Phi) is 2.00. The van der Waals surface area contributed by atoms with Crippen molar-refractivity contribution in [2.45, 2.75) is 0 Å². The molecule has 2 rings (SSSR count). The minimum atomic E-state index is -0.589. The molecule has 1 aliphatic heterocycles. The Morgan fingerprint density at radius 2 is 1.73 bits per heavy atom. The van der Waals surface area contributed by atoms with Crippen molar-refractivity contribution < 1.29 is 9.59 Å². The van der Waals surface area contributed by atoms with Gasteiger partial charge in [0.25, 0.3) is 0 Å². The van der Waals surface area contributed by atoms with Crippen LogP contribution in [0.15, 0.2) is 30.3 Å². The van der Waals surface area contributed by atoms with Gasteiger partial charge in [0.15, 0.2) is 5.84 Å². The number of imide groups is 1. The average molecular weight is 203 g/mol. The summed E-state index contributed by atoms with van der Waals surface area (Å²) in [5.74, 6) is -0.891. The van der Waals surface area contributed by atoms with Gasteiger partial charge in [0.1, 0.15) is 0 Å². The van der Waals surface area contributed by atoms with Gasteiger partial charge in [0.2, 0.25) is 0 Å². The number of amidine groups is 1. The Balaban J connectivity index is 2.44. The number of hydrogen-bond acceptors (Lipinski definition) is 3. The summed E-state index contributed by atoms with van der Waals surface area (Å²) in [7, 11) is 1.41. The van der Waals surface area contributed by atoms with Crippen LogP contribution in [0.4, 0.5) is 10.5 Å². The van der Waals surface area contributed by atoms with Crippen molar-refractivity contribution in [3.8, 4) is 0 Å². The number of nitrogens with zero attached hydrogens (tertiary/aromatic N) is 2. The van der Waals surface area contributed by atoms with Gasteiger partial charge in [0, 0.05) is 7.05 Å². The van der Waals surface area contributed by atoms with Gasteiger partial charge < -0.3 is 0 Å². The Hall–Kier alpha value is -2.17. The van der Waals surface area contributed by atoms with Crippen LogP contribution < -0.4 is 4.90 Å². The van der Waals surface area contributed by atoms with Gasteiger partial charge in [0.05, 0.1) is 5.69 Å². The molecule has 1 aromatic carbocycles. The summed E-state index contributed by atoms with van der Waals surface area (Å²) in [5, 5.41) is 7.38. The van der Waals surface area contributed by atoms with Gasteiger partial charge in [-0.05, 0) is 12.1 Å². The maximum Gasteiger partial charge on any atom is 0.337 e. The topological polar surface area (TPSA) is 64.5 Å². The maximum absolute atomic E-state index is 11.6. The lowest BCUT2D eigenvalue weighted by molar-refractivity contribution is -0.111. The minimum absolute atomic E-state index is 0.302. The van der Waals surface area contributed by atoms with Gasteiger partial charge in [-0.1, -0.05) is 18.2 Å². The fourth-order valence-corrected chi connectivity index (χ4v) is 1.39. The smallest absolute Gasteiger partial charge is 0.279 e. The molecule has 0 aliphatic carbocycles. The van der Waals surface area contributed by atoms with Crippen LogP contribution >= 0.6 is 0 Å². The zero-order valence-electron chi connectivity index (χ0n) is 8.10. The van der Waals surface area contributed by atoms with E-state index in [-0.39, 0.29) is 5.84 Å². The molecule has 0 spiro atoms. The normalized spacial score (nSPS) is 16.5. The number of anilines is 1. The predicted molar refractivity (Wildman–Crippen MR) is 54.8 cm³/mol. The van der Waals surface area contributed by atoms with Crippen LogP contribution in [0, 0.1) is 5.41 Å². The first kappa shape index (κ1) is 9.39. The standard InChI is InChI=1S/C10H9N3O2/c1-12-8(11)9(14)13(10(12)15)7-5-3-2-4-6-7/h2-6,11H,1H3. The Labute approximate surface area is 86.4 Å². The maximum atomic E-state index is 11.6. The molecule has 0 unspecified atom stereocenters. The first-order valence-electron chi connectivity index (χ1n) is 4.38. The molecule has 1 fully saturated rings. The van der Waals surface area contributed by atoms with Crippen LogP contribution in [0.25, 0.3) is 0 Å². The fourth-order valence-electron chi connectivity index (χ4n) is 1.39. The van der Waals surface area contributed by atoms with Crippen LogP contribution in [0.5, 0.6) is 0 Å². The molecule has 0 atom stereocenters. The van der Waals surface area contributed by atoms with Crippen molar-refractivity contribution in [1.29, 1.82) is 5.41 Å². The number of nitrogens with one attached hydrogen (secondary N) is 1. The minimum Gasteiger partial charge on any atom is -0.279 e. The molecular formula is C10H9N3O2. The fraction of sp³-hybridized carbons (Fsp3) is 0.100. The molecule has 76 valence electrons. The Morgan fingerprint density at radius 1 is 1.13 bits per heavy atom. The number of para-hydroxylation sites is 1. The lowest BCUT2D eigenvalue weighted by Gasteiger charge is -2.12. The summed E-state index contributed by atoms with van der Waals surface area (Å²) in [6.45, 7) is 0. The van der Waals surface area contributed by atoms with Gasteiger partial charge in [-0.25, -0.2) is 9.69 Å². The Bertz CT molecular complexity index is 441. The van der Waals surface area contributed by atoms with E-state index >= 15 is 0 Å². The van der Waals surface area contributed by atoms with Crippen molar-refractivity contribution in [2.75, 3.05) is 11.9 Å². The van der Waals surface area contributed by atoms with Gasteiger partial charge in [-0.15, -0.1) is 0 Å². The zero-order valence-corrected chi connectivity index (χ0v) is 8.10. The number of likely N-dealkylation sites (N-methyl/N-ethyl adjacent to an activating group) is 1. The number of benzene rings is 1. The van der Waals surface area contributed by atoms with E-state index in [0.717, 1.165) is 9.80 Å². The van der Waals surface area contributed by atoms with E-state index in [0.29, 0.717) is 5.69 Å². The highest BCUT2D eigenvalue weighted by atomic mass is 16.2. The summed E-state index contributed by atoms with van der Waals surface area (Å²) in [5.41, 5.74) is 0.488. The summed E-state index contributed by atoms with van der Waals surface area (Å²) >= 11 is 0. The van der Waals surface area contributed by atoms with E-state index in [4.69, 9.17) is 5.41 Å². The van der Waals surface area contributed by atoms with E-state index < -0.39 is 11.9 Å². The molecule has 5 nitrogen and oxygen atoms in total. The summed E-state index contributed by atoms with van der Waals surface area (Å²) in [6, 6.07) is 8.08. The highest BCUT2D eigenvalue weighted by Crippen LogP contribution is 2.20. The molecule has 1 N–H and O–H groups in total. The van der Waals surface area contributed by atoms with E-state index in [9.17, 15) is 9.59 Å². The largest absolute Gasteiger partial charge is 0.337 e. The highest BCUT2D eigenvalue weighted by molar-refractivity contribution is 6.53.